The lowest BCUT2D eigenvalue weighted by Crippen LogP contribution is -2.13. The lowest BCUT2D eigenvalue weighted by molar-refractivity contribution is 0.101. The maximum atomic E-state index is 12.6. The highest BCUT2D eigenvalue weighted by molar-refractivity contribution is 6.11. The van der Waals surface area contributed by atoms with Crippen LogP contribution >= 0.6 is 0 Å². The van der Waals surface area contributed by atoms with Crippen molar-refractivity contribution in [3.05, 3.63) is 78.4 Å². The Balaban J connectivity index is 1.42. The molecule has 146 valence electrons. The van der Waals surface area contributed by atoms with Crippen molar-refractivity contribution in [1.82, 2.24) is 19.9 Å². The summed E-state index contributed by atoms with van der Waals surface area (Å²) in [6.45, 7) is 0. The smallest absolute Gasteiger partial charge is 0.302 e. The van der Waals surface area contributed by atoms with Crippen molar-refractivity contribution in [3.8, 4) is 0 Å². The summed E-state index contributed by atoms with van der Waals surface area (Å²) in [5.41, 5.74) is 1.18. The maximum absolute atomic E-state index is 12.6. The van der Waals surface area contributed by atoms with Crippen molar-refractivity contribution >= 4 is 45.6 Å². The zero-order valence-corrected chi connectivity index (χ0v) is 15.4. The molecule has 3 aromatic heterocycles. The number of nitrogens with zero attached hydrogens (tertiary/aromatic N) is 3. The summed E-state index contributed by atoms with van der Waals surface area (Å²) in [4.78, 5) is 40.3. The monoisotopic (exact) mass is 398 g/mol. The Morgan fingerprint density at radius 3 is 2.63 bits per heavy atom. The van der Waals surface area contributed by atoms with Gasteiger partial charge in [0, 0.05) is 24.0 Å². The van der Waals surface area contributed by atoms with Crippen LogP contribution in [0.1, 0.15) is 20.8 Å². The number of rotatable bonds is 4. The Labute approximate surface area is 169 Å². The first kappa shape index (κ1) is 17.6. The van der Waals surface area contributed by atoms with E-state index in [1.807, 2.05) is 24.3 Å². The molecule has 0 radical (unpaired) electrons. The molecule has 3 N–H and O–H groups in total. The van der Waals surface area contributed by atoms with Gasteiger partial charge in [0.2, 0.25) is 5.95 Å². The summed E-state index contributed by atoms with van der Waals surface area (Å²) in [5, 5.41) is 7.06. The first-order chi connectivity index (χ1) is 14.7. The fourth-order valence-corrected chi connectivity index (χ4v) is 3.06. The molecule has 9 heteroatoms. The predicted molar refractivity (Wildman–Crippen MR) is 110 cm³/mol. The van der Waals surface area contributed by atoms with Gasteiger partial charge in [0.05, 0.1) is 5.56 Å². The number of hydrogen-bond acceptors (Lipinski definition) is 6. The number of fused-ring (bicyclic) bond motifs is 2. The average Bonchev–Trinajstić information content (AvgIpc) is 3.42. The van der Waals surface area contributed by atoms with Crippen molar-refractivity contribution in [2.45, 2.75) is 0 Å². The first-order valence-corrected chi connectivity index (χ1v) is 9.04. The van der Waals surface area contributed by atoms with Gasteiger partial charge in [-0.25, -0.2) is 4.98 Å². The van der Waals surface area contributed by atoms with E-state index in [1.165, 1.54) is 6.20 Å². The molecule has 0 unspecified atom stereocenters. The normalized spacial score (nSPS) is 10.9. The number of imidazole rings is 1. The number of benzene rings is 2. The molecule has 5 aromatic rings. The summed E-state index contributed by atoms with van der Waals surface area (Å²) < 4.78 is 5.66. The molecule has 0 saturated carbocycles. The van der Waals surface area contributed by atoms with E-state index in [0.29, 0.717) is 11.5 Å². The Morgan fingerprint density at radius 2 is 1.80 bits per heavy atom. The van der Waals surface area contributed by atoms with Gasteiger partial charge in [0.25, 0.3) is 11.8 Å². The number of H-pyrrole nitrogens is 1. The van der Waals surface area contributed by atoms with Crippen LogP contribution in [0.3, 0.4) is 0 Å². The molecule has 0 aliphatic rings. The standard InChI is InChI=1S/C21H14N6O3/c28-18(26-20-22-8-9-23-20)14-6-3-7-15-17(14)30-21(25-15)27-19(29)16-10-12-4-1-2-5-13(12)11-24-16/h1-11H,(H,25,27,29)(H2,22,23,26,28). The van der Waals surface area contributed by atoms with Crippen LogP contribution in [0.4, 0.5) is 12.0 Å². The molecular formula is C21H14N6O3. The van der Waals surface area contributed by atoms with Crippen LogP contribution in [0.15, 0.2) is 71.5 Å². The van der Waals surface area contributed by atoms with Gasteiger partial charge in [0.1, 0.15) is 11.2 Å². The van der Waals surface area contributed by atoms with Crippen LogP contribution in [-0.2, 0) is 0 Å². The molecule has 2 aromatic carbocycles. The third-order valence-electron chi connectivity index (χ3n) is 4.47. The van der Waals surface area contributed by atoms with E-state index >= 15 is 0 Å². The van der Waals surface area contributed by atoms with Gasteiger partial charge in [-0.05, 0) is 23.6 Å². The fourth-order valence-electron chi connectivity index (χ4n) is 3.06. The van der Waals surface area contributed by atoms with Crippen molar-refractivity contribution in [2.24, 2.45) is 0 Å². The minimum Gasteiger partial charge on any atom is -0.422 e. The number of hydrogen-bond donors (Lipinski definition) is 3. The molecule has 9 nitrogen and oxygen atoms in total. The van der Waals surface area contributed by atoms with Gasteiger partial charge >= 0.3 is 6.01 Å². The minimum absolute atomic E-state index is 0.0248. The molecule has 0 aliphatic heterocycles. The fraction of sp³-hybridized carbons (Fsp3) is 0. The molecule has 0 atom stereocenters. The third-order valence-corrected chi connectivity index (χ3v) is 4.47. The van der Waals surface area contributed by atoms with Crippen LogP contribution in [0.2, 0.25) is 0 Å². The summed E-state index contributed by atoms with van der Waals surface area (Å²) in [5.74, 6) is -0.568. The molecule has 5 rings (SSSR count). The number of para-hydroxylation sites is 1. The second-order valence-electron chi connectivity index (χ2n) is 6.44. The molecule has 0 fully saturated rings. The second kappa shape index (κ2) is 7.13. The molecular weight excluding hydrogens is 384 g/mol. The van der Waals surface area contributed by atoms with Crippen molar-refractivity contribution in [2.75, 3.05) is 10.6 Å². The van der Waals surface area contributed by atoms with Gasteiger partial charge < -0.3 is 9.40 Å². The number of carbonyl (C=O) groups excluding carboxylic acids is 2. The summed E-state index contributed by atoms with van der Waals surface area (Å²) >= 11 is 0. The van der Waals surface area contributed by atoms with E-state index in [0.717, 1.165) is 10.8 Å². The second-order valence-corrected chi connectivity index (χ2v) is 6.44. The zero-order chi connectivity index (χ0) is 20.5. The van der Waals surface area contributed by atoms with E-state index < -0.39 is 11.8 Å². The predicted octanol–water partition coefficient (Wildman–Crippen LogP) is 3.60. The van der Waals surface area contributed by atoms with Gasteiger partial charge in [0.15, 0.2) is 5.58 Å². The summed E-state index contributed by atoms with van der Waals surface area (Å²) in [6, 6.07) is 14.2. The number of aromatic amines is 1. The van der Waals surface area contributed by atoms with Crippen molar-refractivity contribution in [3.63, 3.8) is 0 Å². The topological polar surface area (TPSA) is 126 Å². The SMILES string of the molecule is O=C(Nc1nc2cccc(C(=O)Nc3ncc[nH]3)c2o1)c1cc2ccccc2cn1. The minimum atomic E-state index is -0.464. The Bertz CT molecular complexity index is 1390. The van der Waals surface area contributed by atoms with Gasteiger partial charge in [-0.2, -0.15) is 4.98 Å². The largest absolute Gasteiger partial charge is 0.422 e. The molecule has 3 heterocycles. The number of nitrogens with one attached hydrogen (secondary N) is 3. The molecule has 0 spiro atoms. The van der Waals surface area contributed by atoms with Gasteiger partial charge in [-0.15, -0.1) is 0 Å². The van der Waals surface area contributed by atoms with Crippen molar-refractivity contribution < 1.29 is 14.0 Å². The highest BCUT2D eigenvalue weighted by atomic mass is 16.4. The van der Waals surface area contributed by atoms with Gasteiger partial charge in [-0.3, -0.25) is 25.2 Å². The third kappa shape index (κ3) is 3.24. The van der Waals surface area contributed by atoms with Crippen LogP contribution in [0, 0.1) is 0 Å². The maximum Gasteiger partial charge on any atom is 0.302 e. The lowest BCUT2D eigenvalue weighted by Gasteiger charge is -2.03. The Hall–Kier alpha value is -4.53. The number of anilines is 2. The average molecular weight is 398 g/mol. The lowest BCUT2D eigenvalue weighted by atomic mass is 10.1. The number of pyridine rings is 1. The van der Waals surface area contributed by atoms with E-state index in [-0.39, 0.29) is 22.9 Å². The summed E-state index contributed by atoms with van der Waals surface area (Å²) in [6.07, 6.45) is 4.76. The number of oxazole rings is 1. The molecule has 0 bridgehead atoms. The van der Waals surface area contributed by atoms with E-state index in [2.05, 4.69) is 30.6 Å². The highest BCUT2D eigenvalue weighted by Gasteiger charge is 2.18. The van der Waals surface area contributed by atoms with E-state index in [9.17, 15) is 9.59 Å². The quantitative estimate of drug-likeness (QED) is 0.425. The van der Waals surface area contributed by atoms with E-state index in [4.69, 9.17) is 4.42 Å². The first-order valence-electron chi connectivity index (χ1n) is 9.04. The highest BCUT2D eigenvalue weighted by Crippen LogP contribution is 2.24. The van der Waals surface area contributed by atoms with Crippen LogP contribution in [0.5, 0.6) is 0 Å². The van der Waals surface area contributed by atoms with E-state index in [1.54, 1.807) is 36.7 Å². The van der Waals surface area contributed by atoms with Gasteiger partial charge in [-0.1, -0.05) is 30.3 Å². The number of amides is 2. The van der Waals surface area contributed by atoms with Crippen LogP contribution in [0.25, 0.3) is 21.9 Å². The number of carbonyl (C=O) groups is 2. The zero-order valence-electron chi connectivity index (χ0n) is 15.4. The Morgan fingerprint density at radius 1 is 0.933 bits per heavy atom. The Kier molecular flexibility index (Phi) is 4.18. The van der Waals surface area contributed by atoms with Crippen LogP contribution < -0.4 is 10.6 Å². The number of aromatic nitrogens is 4. The van der Waals surface area contributed by atoms with Crippen molar-refractivity contribution in [1.29, 1.82) is 0 Å². The summed E-state index contributed by atoms with van der Waals surface area (Å²) in [7, 11) is 0. The molecule has 30 heavy (non-hydrogen) atoms. The molecule has 0 aliphatic carbocycles. The van der Waals surface area contributed by atoms with Crippen LogP contribution in [-0.4, -0.2) is 31.8 Å². The molecule has 0 saturated heterocycles. The molecule has 2 amide bonds.